The minimum absolute atomic E-state index is 0.130. The zero-order valence-corrected chi connectivity index (χ0v) is 14.4. The lowest BCUT2D eigenvalue weighted by Crippen LogP contribution is -2.20. The van der Waals surface area contributed by atoms with Crippen molar-refractivity contribution in [1.29, 1.82) is 0 Å². The van der Waals surface area contributed by atoms with E-state index in [0.29, 0.717) is 19.8 Å². The summed E-state index contributed by atoms with van der Waals surface area (Å²) >= 11 is 7.35. The van der Waals surface area contributed by atoms with Crippen LogP contribution < -0.4 is 14.8 Å². The summed E-state index contributed by atoms with van der Waals surface area (Å²) in [6.45, 7) is 1.88. The standard InChI is InChI=1S/C19H14ClNO2S/c1-12-6-2-4-8-14(12)16(22)11-18-21-19(23)17(24-18)10-13-7-3-5-9-15(13)20/h2-11H,1H3,(H,21,23)/b17-10+,18-11+. The molecule has 0 radical (unpaired) electrons. The van der Waals surface area contributed by atoms with E-state index in [1.807, 2.05) is 43.3 Å². The summed E-state index contributed by atoms with van der Waals surface area (Å²) in [6, 6.07) is 14.7. The van der Waals surface area contributed by atoms with Gasteiger partial charge in [0.2, 0.25) is 0 Å². The fourth-order valence-corrected chi connectivity index (χ4v) is 3.37. The number of Topliss-reactive ketones (excluding diaryl/α,β-unsaturated/α-hetero) is 1. The third-order valence-electron chi connectivity index (χ3n) is 3.54. The number of aromatic amines is 1. The molecule has 0 fully saturated rings. The summed E-state index contributed by atoms with van der Waals surface area (Å²) in [6.07, 6.45) is 3.18. The van der Waals surface area contributed by atoms with E-state index in [0.717, 1.165) is 11.1 Å². The monoisotopic (exact) mass is 355 g/mol. The number of H-pyrrole nitrogens is 1. The molecule has 3 aromatic rings. The first-order valence-corrected chi connectivity index (χ1v) is 8.51. The third kappa shape index (κ3) is 3.55. The molecule has 5 heteroatoms. The molecule has 2 aromatic carbocycles. The molecule has 0 amide bonds. The maximum Gasteiger partial charge on any atom is 0.266 e. The highest BCUT2D eigenvalue weighted by molar-refractivity contribution is 7.07. The first kappa shape index (κ1) is 16.4. The Hall–Kier alpha value is -2.43. The lowest BCUT2D eigenvalue weighted by molar-refractivity contribution is 0.106. The molecular formula is C19H14ClNO2S. The summed E-state index contributed by atoms with van der Waals surface area (Å²) in [4.78, 5) is 27.2. The second-order valence-electron chi connectivity index (χ2n) is 5.27. The van der Waals surface area contributed by atoms with Crippen LogP contribution in [0.3, 0.4) is 0 Å². The second kappa shape index (κ2) is 6.99. The minimum atomic E-state index is -0.233. The van der Waals surface area contributed by atoms with Gasteiger partial charge in [-0.2, -0.15) is 0 Å². The van der Waals surface area contributed by atoms with Crippen LogP contribution in [-0.2, 0) is 0 Å². The van der Waals surface area contributed by atoms with E-state index in [4.69, 9.17) is 11.6 Å². The molecule has 0 unspecified atom stereocenters. The number of hydrogen-bond donors (Lipinski definition) is 1. The topological polar surface area (TPSA) is 49.9 Å². The van der Waals surface area contributed by atoms with Gasteiger partial charge in [0.05, 0.1) is 9.20 Å². The number of ketones is 1. The Labute approximate surface area is 147 Å². The van der Waals surface area contributed by atoms with E-state index in [2.05, 4.69) is 4.98 Å². The van der Waals surface area contributed by atoms with Crippen molar-refractivity contribution >= 4 is 40.9 Å². The Balaban J connectivity index is 2.04. The zero-order valence-electron chi connectivity index (χ0n) is 12.9. The summed E-state index contributed by atoms with van der Waals surface area (Å²) < 4.78 is 1.03. The van der Waals surface area contributed by atoms with Crippen molar-refractivity contribution in [3.05, 3.63) is 89.8 Å². The fraction of sp³-hybridized carbons (Fsp3) is 0.0526. The van der Waals surface area contributed by atoms with E-state index in [-0.39, 0.29) is 11.3 Å². The quantitative estimate of drug-likeness (QED) is 0.734. The first-order chi connectivity index (χ1) is 11.5. The highest BCUT2D eigenvalue weighted by atomic mass is 35.5. The van der Waals surface area contributed by atoms with Gasteiger partial charge >= 0.3 is 0 Å². The van der Waals surface area contributed by atoms with Gasteiger partial charge in [-0.25, -0.2) is 0 Å². The maximum atomic E-state index is 12.4. The Morgan fingerprint density at radius 2 is 1.83 bits per heavy atom. The van der Waals surface area contributed by atoms with Crippen LogP contribution in [0.5, 0.6) is 0 Å². The number of benzene rings is 2. The lowest BCUT2D eigenvalue weighted by atomic mass is 10.1. The molecule has 0 saturated heterocycles. The molecule has 0 atom stereocenters. The molecule has 0 saturated carbocycles. The molecule has 1 N–H and O–H groups in total. The highest BCUT2D eigenvalue weighted by Gasteiger charge is 2.06. The van der Waals surface area contributed by atoms with Crippen LogP contribution in [0.15, 0.2) is 53.3 Å². The molecule has 0 aliphatic rings. The van der Waals surface area contributed by atoms with Crippen molar-refractivity contribution in [2.75, 3.05) is 0 Å². The predicted molar refractivity (Wildman–Crippen MR) is 99.2 cm³/mol. The number of carbonyl (C=O) groups excluding carboxylic acids is 1. The van der Waals surface area contributed by atoms with Gasteiger partial charge in [-0.3, -0.25) is 9.59 Å². The Kier molecular flexibility index (Phi) is 4.79. The van der Waals surface area contributed by atoms with Crippen molar-refractivity contribution in [2.45, 2.75) is 6.92 Å². The van der Waals surface area contributed by atoms with Crippen LogP contribution in [0.1, 0.15) is 21.5 Å². The van der Waals surface area contributed by atoms with Crippen LogP contribution in [0.2, 0.25) is 5.02 Å². The second-order valence-corrected chi connectivity index (χ2v) is 6.77. The number of aryl methyl sites for hydroxylation is 1. The normalized spacial score (nSPS) is 12.6. The van der Waals surface area contributed by atoms with Crippen molar-refractivity contribution in [2.24, 2.45) is 0 Å². The molecule has 0 spiro atoms. The third-order valence-corrected chi connectivity index (χ3v) is 4.85. The van der Waals surface area contributed by atoms with Gasteiger partial charge in [0.25, 0.3) is 5.56 Å². The SMILES string of the molecule is Cc1ccccc1C(=O)/C=c1\[nH]c(=O)/c(=C\c2ccccc2Cl)s1. The Bertz CT molecular complexity index is 1080. The van der Waals surface area contributed by atoms with Crippen LogP contribution in [-0.4, -0.2) is 10.8 Å². The average Bonchev–Trinajstić information content (AvgIpc) is 2.89. The van der Waals surface area contributed by atoms with Crippen molar-refractivity contribution in [3.8, 4) is 0 Å². The zero-order chi connectivity index (χ0) is 17.1. The van der Waals surface area contributed by atoms with Crippen LogP contribution in [0.25, 0.3) is 12.2 Å². The van der Waals surface area contributed by atoms with Crippen LogP contribution in [0.4, 0.5) is 0 Å². The Morgan fingerprint density at radius 1 is 1.12 bits per heavy atom. The number of aromatic nitrogens is 1. The smallest absolute Gasteiger partial charge is 0.266 e. The van der Waals surface area contributed by atoms with E-state index < -0.39 is 0 Å². The lowest BCUT2D eigenvalue weighted by Gasteiger charge is -1.99. The van der Waals surface area contributed by atoms with E-state index in [9.17, 15) is 9.59 Å². The van der Waals surface area contributed by atoms with E-state index in [1.165, 1.54) is 17.4 Å². The fourth-order valence-electron chi connectivity index (χ4n) is 2.30. The first-order valence-electron chi connectivity index (χ1n) is 7.31. The van der Waals surface area contributed by atoms with Crippen molar-refractivity contribution in [3.63, 3.8) is 0 Å². The van der Waals surface area contributed by atoms with Crippen molar-refractivity contribution < 1.29 is 4.79 Å². The molecule has 3 nitrogen and oxygen atoms in total. The highest BCUT2D eigenvalue weighted by Crippen LogP contribution is 2.15. The van der Waals surface area contributed by atoms with Gasteiger partial charge in [0, 0.05) is 16.7 Å². The van der Waals surface area contributed by atoms with E-state index in [1.54, 1.807) is 18.2 Å². The summed E-state index contributed by atoms with van der Waals surface area (Å²) in [5, 5.41) is 0.576. The number of rotatable bonds is 3. The van der Waals surface area contributed by atoms with Gasteiger partial charge in [0.15, 0.2) is 5.78 Å². The van der Waals surface area contributed by atoms with Gasteiger partial charge in [-0.15, -0.1) is 11.3 Å². The number of halogens is 1. The Morgan fingerprint density at radius 3 is 2.58 bits per heavy atom. The number of thiazole rings is 1. The molecule has 0 aliphatic heterocycles. The molecule has 0 aliphatic carbocycles. The van der Waals surface area contributed by atoms with Crippen LogP contribution in [0, 0.1) is 6.92 Å². The average molecular weight is 356 g/mol. The predicted octanol–water partition coefficient (Wildman–Crippen LogP) is 2.89. The number of hydrogen-bond acceptors (Lipinski definition) is 3. The van der Waals surface area contributed by atoms with Gasteiger partial charge in [-0.1, -0.05) is 54.1 Å². The summed E-state index contributed by atoms with van der Waals surface area (Å²) in [5.41, 5.74) is 2.07. The summed E-state index contributed by atoms with van der Waals surface area (Å²) in [5.74, 6) is -0.130. The van der Waals surface area contributed by atoms with Crippen molar-refractivity contribution in [1.82, 2.24) is 4.98 Å². The molecule has 1 heterocycles. The molecule has 24 heavy (non-hydrogen) atoms. The maximum absolute atomic E-state index is 12.4. The van der Waals surface area contributed by atoms with E-state index >= 15 is 0 Å². The van der Waals surface area contributed by atoms with Gasteiger partial charge in [0.1, 0.15) is 0 Å². The minimum Gasteiger partial charge on any atom is -0.313 e. The molecule has 120 valence electrons. The summed E-state index contributed by atoms with van der Waals surface area (Å²) in [7, 11) is 0. The largest absolute Gasteiger partial charge is 0.313 e. The van der Waals surface area contributed by atoms with Gasteiger partial charge < -0.3 is 4.98 Å². The molecule has 0 bridgehead atoms. The van der Waals surface area contributed by atoms with Crippen LogP contribution >= 0.6 is 22.9 Å². The molecule has 1 aromatic heterocycles. The number of carbonyl (C=O) groups is 1. The van der Waals surface area contributed by atoms with Gasteiger partial charge in [-0.05, 0) is 30.2 Å². The molecule has 3 rings (SSSR count). The molecular weight excluding hydrogens is 342 g/mol. The number of nitrogens with one attached hydrogen (secondary N) is 1.